The Morgan fingerprint density at radius 2 is 2.33 bits per heavy atom. The molecule has 0 saturated carbocycles. The van der Waals surface area contributed by atoms with Gasteiger partial charge in [-0.25, -0.2) is 4.98 Å². The highest BCUT2D eigenvalue weighted by Crippen LogP contribution is 2.26. The van der Waals surface area contributed by atoms with Gasteiger partial charge < -0.3 is 9.47 Å². The number of fused-ring (bicyclic) bond motifs is 1. The molecule has 0 N–H and O–H groups in total. The summed E-state index contributed by atoms with van der Waals surface area (Å²) in [6.07, 6.45) is 2.87. The van der Waals surface area contributed by atoms with E-state index >= 15 is 0 Å². The van der Waals surface area contributed by atoms with Gasteiger partial charge in [0.2, 0.25) is 5.88 Å². The van der Waals surface area contributed by atoms with Gasteiger partial charge in [0.25, 0.3) is 0 Å². The van der Waals surface area contributed by atoms with Crippen molar-refractivity contribution in [3.63, 3.8) is 0 Å². The first-order chi connectivity index (χ1) is 8.83. The van der Waals surface area contributed by atoms with Crippen molar-refractivity contribution in [2.24, 2.45) is 5.92 Å². The van der Waals surface area contributed by atoms with Crippen LogP contribution in [-0.2, 0) is 4.74 Å². The van der Waals surface area contributed by atoms with Crippen LogP contribution < -0.4 is 4.74 Å². The van der Waals surface area contributed by atoms with Gasteiger partial charge in [-0.2, -0.15) is 0 Å². The lowest BCUT2D eigenvalue weighted by atomic mass is 10.1. The summed E-state index contributed by atoms with van der Waals surface area (Å²) in [4.78, 5) is 4.32. The average Bonchev–Trinajstić information content (AvgIpc) is 2.89. The van der Waals surface area contributed by atoms with Gasteiger partial charge in [0.1, 0.15) is 0 Å². The number of hydrogen-bond donors (Lipinski definition) is 0. The van der Waals surface area contributed by atoms with Gasteiger partial charge in [-0.05, 0) is 36.1 Å². The minimum absolute atomic E-state index is 0.498. The summed E-state index contributed by atoms with van der Waals surface area (Å²) in [5, 5.41) is 2.19. The number of halogens is 1. The zero-order chi connectivity index (χ0) is 12.4. The Labute approximate surface area is 114 Å². The highest BCUT2D eigenvalue weighted by atomic mass is 79.9. The van der Waals surface area contributed by atoms with Gasteiger partial charge in [0, 0.05) is 28.6 Å². The number of rotatable bonds is 3. The van der Waals surface area contributed by atoms with Crippen LogP contribution in [0, 0.1) is 5.92 Å². The Kier molecular flexibility index (Phi) is 3.48. The number of ether oxygens (including phenoxy) is 2. The molecule has 0 amide bonds. The maximum absolute atomic E-state index is 5.84. The lowest BCUT2D eigenvalue weighted by molar-refractivity contribution is 0.166. The molecule has 1 aromatic carbocycles. The fourth-order valence-corrected chi connectivity index (χ4v) is 2.53. The quantitative estimate of drug-likeness (QED) is 0.871. The maximum atomic E-state index is 5.84. The lowest BCUT2D eigenvalue weighted by Crippen LogP contribution is -2.12. The van der Waals surface area contributed by atoms with Crippen LogP contribution >= 0.6 is 15.9 Å². The predicted molar refractivity (Wildman–Crippen MR) is 73.9 cm³/mol. The van der Waals surface area contributed by atoms with Crippen molar-refractivity contribution < 1.29 is 9.47 Å². The largest absolute Gasteiger partial charge is 0.477 e. The van der Waals surface area contributed by atoms with Crippen molar-refractivity contribution in [1.29, 1.82) is 0 Å². The minimum atomic E-state index is 0.498. The molecule has 1 aliphatic rings. The predicted octanol–water partition coefficient (Wildman–Crippen LogP) is 3.41. The van der Waals surface area contributed by atoms with E-state index in [9.17, 15) is 0 Å². The smallest absolute Gasteiger partial charge is 0.221 e. The van der Waals surface area contributed by atoms with Gasteiger partial charge in [-0.1, -0.05) is 15.9 Å². The fraction of sp³-hybridized carbons (Fsp3) is 0.357. The zero-order valence-electron chi connectivity index (χ0n) is 9.93. The molecule has 1 aromatic heterocycles. The molecule has 3 rings (SSSR count). The monoisotopic (exact) mass is 307 g/mol. The Bertz CT molecular complexity index is 552. The lowest BCUT2D eigenvalue weighted by Gasteiger charge is -2.11. The van der Waals surface area contributed by atoms with E-state index in [1.165, 1.54) is 0 Å². The SMILES string of the molecule is Brc1ccc2c(OCC3CCOC3)nccc2c1. The van der Waals surface area contributed by atoms with Gasteiger partial charge in [0.05, 0.1) is 13.2 Å². The molecule has 1 unspecified atom stereocenters. The van der Waals surface area contributed by atoms with Crippen LogP contribution in [0.25, 0.3) is 10.8 Å². The molecule has 0 spiro atoms. The molecule has 0 bridgehead atoms. The molecule has 0 radical (unpaired) electrons. The topological polar surface area (TPSA) is 31.4 Å². The second-order valence-electron chi connectivity index (χ2n) is 4.52. The van der Waals surface area contributed by atoms with Crippen LogP contribution in [0.4, 0.5) is 0 Å². The van der Waals surface area contributed by atoms with Gasteiger partial charge in [0.15, 0.2) is 0 Å². The normalized spacial score (nSPS) is 19.3. The van der Waals surface area contributed by atoms with Crippen molar-refractivity contribution in [3.05, 3.63) is 34.9 Å². The summed E-state index contributed by atoms with van der Waals surface area (Å²) in [6.45, 7) is 2.34. The Morgan fingerprint density at radius 1 is 1.39 bits per heavy atom. The van der Waals surface area contributed by atoms with E-state index in [0.29, 0.717) is 18.4 Å². The second kappa shape index (κ2) is 5.24. The van der Waals surface area contributed by atoms with E-state index in [1.807, 2.05) is 18.2 Å². The van der Waals surface area contributed by atoms with Crippen molar-refractivity contribution in [2.45, 2.75) is 6.42 Å². The Morgan fingerprint density at radius 3 is 3.17 bits per heavy atom. The third-order valence-electron chi connectivity index (χ3n) is 3.17. The van der Waals surface area contributed by atoms with Crippen molar-refractivity contribution in [3.8, 4) is 5.88 Å². The van der Waals surface area contributed by atoms with Crippen LogP contribution in [0.1, 0.15) is 6.42 Å². The second-order valence-corrected chi connectivity index (χ2v) is 5.44. The van der Waals surface area contributed by atoms with Crippen LogP contribution in [0.3, 0.4) is 0 Å². The molecule has 4 heteroatoms. The highest BCUT2D eigenvalue weighted by molar-refractivity contribution is 9.10. The first-order valence-corrected chi connectivity index (χ1v) is 6.87. The molecule has 1 fully saturated rings. The molecule has 0 aliphatic carbocycles. The molecule has 2 aromatic rings. The summed E-state index contributed by atoms with van der Waals surface area (Å²) in [5.74, 6) is 1.21. The van der Waals surface area contributed by atoms with E-state index in [1.54, 1.807) is 6.20 Å². The summed E-state index contributed by atoms with van der Waals surface area (Å²) in [5.41, 5.74) is 0. The number of hydrogen-bond acceptors (Lipinski definition) is 3. The maximum Gasteiger partial charge on any atom is 0.221 e. The van der Waals surface area contributed by atoms with Gasteiger partial charge >= 0.3 is 0 Å². The van der Waals surface area contributed by atoms with E-state index in [4.69, 9.17) is 9.47 Å². The van der Waals surface area contributed by atoms with Crippen molar-refractivity contribution in [2.75, 3.05) is 19.8 Å². The van der Waals surface area contributed by atoms with Crippen LogP contribution in [-0.4, -0.2) is 24.8 Å². The molecule has 1 aliphatic heterocycles. The molecule has 18 heavy (non-hydrogen) atoms. The summed E-state index contributed by atoms with van der Waals surface area (Å²) < 4.78 is 12.2. The molecular weight excluding hydrogens is 294 g/mol. The van der Waals surface area contributed by atoms with Crippen molar-refractivity contribution in [1.82, 2.24) is 4.98 Å². The van der Waals surface area contributed by atoms with E-state index in [-0.39, 0.29) is 0 Å². The highest BCUT2D eigenvalue weighted by Gasteiger charge is 2.17. The van der Waals surface area contributed by atoms with E-state index < -0.39 is 0 Å². The van der Waals surface area contributed by atoms with Crippen LogP contribution in [0.15, 0.2) is 34.9 Å². The first-order valence-electron chi connectivity index (χ1n) is 6.08. The number of benzene rings is 1. The van der Waals surface area contributed by atoms with E-state index in [2.05, 4.69) is 27.0 Å². The summed E-state index contributed by atoms with van der Waals surface area (Å²) >= 11 is 3.47. The molecule has 3 nitrogen and oxygen atoms in total. The molecule has 94 valence electrons. The van der Waals surface area contributed by atoms with Crippen molar-refractivity contribution >= 4 is 26.7 Å². The molecule has 2 heterocycles. The summed E-state index contributed by atoms with van der Waals surface area (Å²) in [6, 6.07) is 8.11. The third kappa shape index (κ3) is 2.49. The molecule has 1 atom stereocenters. The minimum Gasteiger partial charge on any atom is -0.477 e. The van der Waals surface area contributed by atoms with Gasteiger partial charge in [-0.3, -0.25) is 0 Å². The average molecular weight is 308 g/mol. The van der Waals surface area contributed by atoms with Gasteiger partial charge in [-0.15, -0.1) is 0 Å². The summed E-state index contributed by atoms with van der Waals surface area (Å²) in [7, 11) is 0. The molecular formula is C14H14BrNO2. The number of aromatic nitrogens is 1. The first kappa shape index (κ1) is 11.9. The van der Waals surface area contributed by atoms with E-state index in [0.717, 1.165) is 34.9 Å². The molecule has 1 saturated heterocycles. The third-order valence-corrected chi connectivity index (χ3v) is 3.66. The standard InChI is InChI=1S/C14H14BrNO2/c15-12-1-2-13-11(7-12)3-5-16-14(13)18-9-10-4-6-17-8-10/h1-3,5,7,10H,4,6,8-9H2. The number of nitrogens with zero attached hydrogens (tertiary/aromatic N) is 1. The number of pyridine rings is 1. The Balaban J connectivity index is 1.82. The zero-order valence-corrected chi connectivity index (χ0v) is 11.5. The van der Waals surface area contributed by atoms with Crippen LogP contribution in [0.5, 0.6) is 5.88 Å². The Hall–Kier alpha value is -1.13. The van der Waals surface area contributed by atoms with Crippen LogP contribution in [0.2, 0.25) is 0 Å². The fourth-order valence-electron chi connectivity index (χ4n) is 2.15.